The van der Waals surface area contributed by atoms with Gasteiger partial charge in [-0.1, -0.05) is 23.4 Å². The van der Waals surface area contributed by atoms with Crippen molar-refractivity contribution < 1.29 is 9.26 Å². The third-order valence-electron chi connectivity index (χ3n) is 4.82. The molecule has 4 aromatic rings. The van der Waals surface area contributed by atoms with Crippen LogP contribution in [0.1, 0.15) is 5.69 Å². The topological polar surface area (TPSA) is 113 Å². The van der Waals surface area contributed by atoms with Gasteiger partial charge in [-0.2, -0.15) is 5.11 Å². The smallest absolute Gasteiger partial charge is 0.281 e. The Morgan fingerprint density at radius 1 is 1.07 bits per heavy atom. The first-order chi connectivity index (χ1) is 14.5. The number of nitrogens with two attached hydrogens (primary N) is 1. The molecule has 152 valence electrons. The number of ether oxygens (including phenoxy) is 1. The van der Waals surface area contributed by atoms with E-state index in [1.165, 1.54) is 0 Å². The maximum atomic E-state index is 13.3. The Labute approximate surface area is 172 Å². The summed E-state index contributed by atoms with van der Waals surface area (Å²) in [6.45, 7) is 1.82. The van der Waals surface area contributed by atoms with E-state index in [2.05, 4.69) is 15.4 Å². The zero-order chi connectivity index (χ0) is 21.3. The molecule has 30 heavy (non-hydrogen) atoms. The largest absolute Gasteiger partial charge is 0.497 e. The fourth-order valence-electron chi connectivity index (χ4n) is 3.16. The third kappa shape index (κ3) is 3.26. The number of para-hydroxylation sites is 1. The van der Waals surface area contributed by atoms with Crippen molar-refractivity contribution in [3.8, 4) is 22.7 Å². The van der Waals surface area contributed by atoms with Gasteiger partial charge in [-0.3, -0.25) is 9.48 Å². The van der Waals surface area contributed by atoms with Crippen LogP contribution in [0, 0.1) is 6.92 Å². The highest BCUT2D eigenvalue weighted by molar-refractivity contribution is 5.79. The number of nitrogen functional groups attached to an aromatic ring is 1. The van der Waals surface area contributed by atoms with Crippen molar-refractivity contribution in [3.63, 3.8) is 0 Å². The Balaban J connectivity index is 1.80. The standard InChI is InChI=1S/C21H20N6O3/c1-13-17(21(28)27(26(13)2)15-7-5-4-6-8-15)18-19(20(22)30-25-18)24-23-14-9-11-16(29-3)12-10-14/h4-12H,22H2,1-3H3. The molecule has 4 rings (SSSR count). The maximum Gasteiger partial charge on any atom is 0.281 e. The summed E-state index contributed by atoms with van der Waals surface area (Å²) < 4.78 is 13.6. The highest BCUT2D eigenvalue weighted by atomic mass is 16.5. The average Bonchev–Trinajstić information content (AvgIpc) is 3.23. The summed E-state index contributed by atoms with van der Waals surface area (Å²) in [6.07, 6.45) is 0. The number of aromatic nitrogens is 3. The number of hydrogen-bond donors (Lipinski definition) is 1. The lowest BCUT2D eigenvalue weighted by Crippen LogP contribution is -2.20. The zero-order valence-electron chi connectivity index (χ0n) is 16.7. The molecule has 0 unspecified atom stereocenters. The third-order valence-corrected chi connectivity index (χ3v) is 4.82. The second kappa shape index (κ2) is 7.70. The van der Waals surface area contributed by atoms with Crippen molar-refractivity contribution in [3.05, 3.63) is 70.6 Å². The Bertz CT molecular complexity index is 1270. The van der Waals surface area contributed by atoms with E-state index in [1.54, 1.807) is 47.8 Å². The van der Waals surface area contributed by atoms with Gasteiger partial charge in [0, 0.05) is 12.7 Å². The van der Waals surface area contributed by atoms with Crippen molar-refractivity contribution in [2.75, 3.05) is 12.8 Å². The van der Waals surface area contributed by atoms with Crippen LogP contribution in [0.15, 0.2) is 74.1 Å². The molecule has 0 fully saturated rings. The van der Waals surface area contributed by atoms with E-state index in [1.807, 2.05) is 37.3 Å². The molecular weight excluding hydrogens is 384 g/mol. The normalized spacial score (nSPS) is 11.3. The molecule has 0 bridgehead atoms. The molecule has 0 saturated heterocycles. The van der Waals surface area contributed by atoms with Gasteiger partial charge < -0.3 is 15.0 Å². The van der Waals surface area contributed by atoms with E-state index in [9.17, 15) is 4.79 Å². The summed E-state index contributed by atoms with van der Waals surface area (Å²) in [6, 6.07) is 16.4. The molecule has 0 spiro atoms. The first-order valence-electron chi connectivity index (χ1n) is 9.16. The number of anilines is 1. The summed E-state index contributed by atoms with van der Waals surface area (Å²) in [5.41, 5.74) is 8.49. The van der Waals surface area contributed by atoms with Crippen LogP contribution in [0.4, 0.5) is 17.3 Å². The van der Waals surface area contributed by atoms with Gasteiger partial charge in [0.25, 0.3) is 11.4 Å². The molecule has 2 aromatic carbocycles. The monoisotopic (exact) mass is 404 g/mol. The Morgan fingerprint density at radius 2 is 1.77 bits per heavy atom. The number of nitrogens with zero attached hydrogens (tertiary/aromatic N) is 5. The van der Waals surface area contributed by atoms with Crippen LogP contribution in [0.5, 0.6) is 5.75 Å². The highest BCUT2D eigenvalue weighted by Gasteiger charge is 2.25. The van der Waals surface area contributed by atoms with Gasteiger partial charge >= 0.3 is 0 Å². The van der Waals surface area contributed by atoms with E-state index in [4.69, 9.17) is 15.0 Å². The minimum Gasteiger partial charge on any atom is -0.497 e. The Morgan fingerprint density at radius 3 is 2.43 bits per heavy atom. The molecule has 0 aliphatic rings. The summed E-state index contributed by atoms with van der Waals surface area (Å²) in [5, 5.41) is 12.4. The van der Waals surface area contributed by atoms with E-state index in [0.29, 0.717) is 22.7 Å². The quantitative estimate of drug-likeness (QED) is 0.502. The molecule has 2 heterocycles. The number of methoxy groups -OCH3 is 1. The summed E-state index contributed by atoms with van der Waals surface area (Å²) in [5.74, 6) is 0.691. The van der Waals surface area contributed by atoms with Gasteiger partial charge in [-0.15, -0.1) is 5.11 Å². The van der Waals surface area contributed by atoms with Crippen molar-refractivity contribution in [2.24, 2.45) is 17.3 Å². The molecule has 0 atom stereocenters. The molecule has 9 heteroatoms. The van der Waals surface area contributed by atoms with Crippen LogP contribution >= 0.6 is 0 Å². The van der Waals surface area contributed by atoms with Crippen molar-refractivity contribution >= 4 is 17.3 Å². The van der Waals surface area contributed by atoms with E-state index < -0.39 is 0 Å². The van der Waals surface area contributed by atoms with Gasteiger partial charge in [0.05, 0.1) is 24.0 Å². The molecule has 2 aromatic heterocycles. The van der Waals surface area contributed by atoms with Crippen LogP contribution in [0.25, 0.3) is 16.9 Å². The lowest BCUT2D eigenvalue weighted by molar-refractivity contribution is 0.415. The SMILES string of the molecule is COc1ccc(N=Nc2c(-c3c(C)n(C)n(-c4ccccc4)c3=O)noc2N)cc1. The fraction of sp³-hybridized carbons (Fsp3) is 0.143. The Kier molecular flexibility index (Phi) is 4.93. The molecule has 9 nitrogen and oxygen atoms in total. The minimum absolute atomic E-state index is 0.0174. The van der Waals surface area contributed by atoms with Gasteiger partial charge in [0.15, 0.2) is 11.4 Å². The fourth-order valence-corrected chi connectivity index (χ4v) is 3.16. The van der Waals surface area contributed by atoms with Crippen LogP contribution in [0.2, 0.25) is 0 Å². The van der Waals surface area contributed by atoms with Gasteiger partial charge in [0.1, 0.15) is 5.75 Å². The van der Waals surface area contributed by atoms with Crippen LogP contribution < -0.4 is 16.0 Å². The van der Waals surface area contributed by atoms with Crippen molar-refractivity contribution in [1.82, 2.24) is 14.5 Å². The first kappa shape index (κ1) is 19.2. The van der Waals surface area contributed by atoms with E-state index in [0.717, 1.165) is 5.69 Å². The molecule has 2 N–H and O–H groups in total. The number of hydrogen-bond acceptors (Lipinski definition) is 7. The number of rotatable bonds is 5. The van der Waals surface area contributed by atoms with Gasteiger partial charge in [-0.05, 0) is 43.3 Å². The van der Waals surface area contributed by atoms with Crippen molar-refractivity contribution in [1.29, 1.82) is 0 Å². The average molecular weight is 404 g/mol. The first-order valence-corrected chi connectivity index (χ1v) is 9.16. The maximum absolute atomic E-state index is 13.3. The molecule has 0 amide bonds. The lowest BCUT2D eigenvalue weighted by atomic mass is 10.1. The lowest BCUT2D eigenvalue weighted by Gasteiger charge is -2.07. The molecule has 0 aliphatic heterocycles. The molecular formula is C21H20N6O3. The van der Waals surface area contributed by atoms with Gasteiger partial charge in [-0.25, -0.2) is 4.68 Å². The van der Waals surface area contributed by atoms with Crippen molar-refractivity contribution in [2.45, 2.75) is 6.92 Å². The predicted octanol–water partition coefficient (Wildman–Crippen LogP) is 4.15. The summed E-state index contributed by atoms with van der Waals surface area (Å²) in [7, 11) is 3.39. The predicted molar refractivity (Wildman–Crippen MR) is 113 cm³/mol. The van der Waals surface area contributed by atoms with Gasteiger partial charge in [0.2, 0.25) is 0 Å². The number of azo groups is 1. The molecule has 0 saturated carbocycles. The van der Waals surface area contributed by atoms with Crippen LogP contribution in [0.3, 0.4) is 0 Å². The summed E-state index contributed by atoms with van der Waals surface area (Å²) in [4.78, 5) is 13.3. The van der Waals surface area contributed by atoms with Crippen LogP contribution in [-0.4, -0.2) is 21.6 Å². The van der Waals surface area contributed by atoms with E-state index >= 15 is 0 Å². The summed E-state index contributed by atoms with van der Waals surface area (Å²) >= 11 is 0. The highest BCUT2D eigenvalue weighted by Crippen LogP contribution is 2.36. The minimum atomic E-state index is -0.254. The molecule has 0 radical (unpaired) electrons. The second-order valence-corrected chi connectivity index (χ2v) is 6.58. The van der Waals surface area contributed by atoms with Crippen LogP contribution in [-0.2, 0) is 7.05 Å². The Hall–Kier alpha value is -4.14. The second-order valence-electron chi connectivity index (χ2n) is 6.58. The molecule has 0 aliphatic carbocycles. The zero-order valence-corrected chi connectivity index (χ0v) is 16.7. The van der Waals surface area contributed by atoms with E-state index in [-0.39, 0.29) is 22.8 Å². The number of benzene rings is 2.